The number of rotatable bonds is 3. The molecule has 23 heavy (non-hydrogen) atoms. The Morgan fingerprint density at radius 3 is 2.57 bits per heavy atom. The molecule has 0 spiro atoms. The van der Waals surface area contributed by atoms with E-state index in [1.54, 1.807) is 26.0 Å². The topological polar surface area (TPSA) is 64.8 Å². The monoisotopic (exact) mass is 369 g/mol. The van der Waals surface area contributed by atoms with Crippen LogP contribution in [0, 0.1) is 0 Å². The summed E-state index contributed by atoms with van der Waals surface area (Å²) in [6, 6.07) is 7.18. The molecule has 0 aliphatic heterocycles. The minimum absolute atomic E-state index is 0.0490. The lowest BCUT2D eigenvalue weighted by Gasteiger charge is -2.10. The molecule has 3 aromatic rings. The van der Waals surface area contributed by atoms with Crippen molar-refractivity contribution in [3.8, 4) is 11.3 Å². The first-order valence-electron chi connectivity index (χ1n) is 6.85. The van der Waals surface area contributed by atoms with Gasteiger partial charge >= 0.3 is 0 Å². The quantitative estimate of drug-likeness (QED) is 0.654. The Morgan fingerprint density at radius 2 is 1.87 bits per heavy atom. The second-order valence-electron chi connectivity index (χ2n) is 5.29. The van der Waals surface area contributed by atoms with E-state index in [2.05, 4.69) is 9.97 Å². The average Bonchev–Trinajstić information content (AvgIpc) is 2.90. The van der Waals surface area contributed by atoms with Gasteiger partial charge in [-0.15, -0.1) is 0 Å². The van der Waals surface area contributed by atoms with Crippen molar-refractivity contribution in [2.24, 2.45) is 0 Å². The van der Waals surface area contributed by atoms with E-state index in [0.717, 1.165) is 5.39 Å². The molecule has 0 radical (unpaired) electrons. The fourth-order valence-corrected chi connectivity index (χ4v) is 3.78. The number of hydrogen-bond donors (Lipinski definition) is 0. The number of halogens is 2. The van der Waals surface area contributed by atoms with Crippen LogP contribution in [0.15, 0.2) is 36.7 Å². The summed E-state index contributed by atoms with van der Waals surface area (Å²) in [5.74, 6) is 0. The highest BCUT2D eigenvalue weighted by molar-refractivity contribution is 7.90. The highest BCUT2D eigenvalue weighted by Crippen LogP contribution is 2.35. The van der Waals surface area contributed by atoms with Crippen molar-refractivity contribution in [3.05, 3.63) is 47.0 Å². The standard InChI is InChI=1S/C15H13Cl2N3O2S/c1-9(2)23(21,22)20-8-11(10-5-3-4-6-13(10)20)14-12(16)7-18-15(17)19-14/h3-9H,1-2H3. The molecular weight excluding hydrogens is 357 g/mol. The molecule has 2 aromatic heterocycles. The van der Waals surface area contributed by atoms with E-state index in [4.69, 9.17) is 23.2 Å². The Bertz CT molecular complexity index is 997. The van der Waals surface area contributed by atoms with Gasteiger partial charge in [-0.1, -0.05) is 29.8 Å². The molecule has 0 unspecified atom stereocenters. The van der Waals surface area contributed by atoms with E-state index >= 15 is 0 Å². The third kappa shape index (κ3) is 2.71. The zero-order chi connectivity index (χ0) is 16.8. The number of fused-ring (bicyclic) bond motifs is 1. The summed E-state index contributed by atoms with van der Waals surface area (Å²) in [5.41, 5.74) is 1.57. The molecule has 0 saturated heterocycles. The summed E-state index contributed by atoms with van der Waals surface area (Å²) >= 11 is 12.0. The molecule has 120 valence electrons. The number of aromatic nitrogens is 3. The summed E-state index contributed by atoms with van der Waals surface area (Å²) in [6.45, 7) is 3.27. The van der Waals surface area contributed by atoms with Crippen LogP contribution in [0.25, 0.3) is 22.2 Å². The van der Waals surface area contributed by atoms with Crippen molar-refractivity contribution in [3.63, 3.8) is 0 Å². The largest absolute Gasteiger partial charge is 0.244 e. The Hall–Kier alpha value is -1.63. The van der Waals surface area contributed by atoms with Crippen LogP contribution >= 0.6 is 23.2 Å². The summed E-state index contributed by atoms with van der Waals surface area (Å²) in [4.78, 5) is 7.97. The van der Waals surface area contributed by atoms with Crippen LogP contribution < -0.4 is 0 Å². The average molecular weight is 370 g/mol. The van der Waals surface area contributed by atoms with Gasteiger partial charge in [0.2, 0.25) is 15.3 Å². The molecule has 8 heteroatoms. The smallest absolute Gasteiger partial charge is 0.241 e. The van der Waals surface area contributed by atoms with Crippen LogP contribution in [0.3, 0.4) is 0 Å². The molecule has 0 bridgehead atoms. The lowest BCUT2D eigenvalue weighted by atomic mass is 10.1. The van der Waals surface area contributed by atoms with Gasteiger partial charge < -0.3 is 0 Å². The zero-order valence-electron chi connectivity index (χ0n) is 12.4. The number of nitrogens with zero attached hydrogens (tertiary/aromatic N) is 3. The second-order valence-corrected chi connectivity index (χ2v) is 8.40. The van der Waals surface area contributed by atoms with E-state index in [9.17, 15) is 8.42 Å². The van der Waals surface area contributed by atoms with E-state index < -0.39 is 15.3 Å². The molecular formula is C15H13Cl2N3O2S. The van der Waals surface area contributed by atoms with Gasteiger partial charge in [0.25, 0.3) is 0 Å². The SMILES string of the molecule is CC(C)S(=O)(=O)n1cc(-c2nc(Cl)ncc2Cl)c2ccccc21. The van der Waals surface area contributed by atoms with Crippen molar-refractivity contribution in [1.29, 1.82) is 0 Å². The fourth-order valence-electron chi connectivity index (χ4n) is 2.31. The molecule has 3 rings (SSSR count). The molecule has 0 fully saturated rings. The third-order valence-corrected chi connectivity index (χ3v) is 6.02. The lowest BCUT2D eigenvalue weighted by Crippen LogP contribution is -2.21. The Labute approximate surface area is 143 Å². The van der Waals surface area contributed by atoms with Gasteiger partial charge in [-0.2, -0.15) is 0 Å². The molecule has 5 nitrogen and oxygen atoms in total. The minimum Gasteiger partial charge on any atom is -0.244 e. The van der Waals surface area contributed by atoms with Gasteiger partial charge in [-0.05, 0) is 31.5 Å². The van der Waals surface area contributed by atoms with Crippen molar-refractivity contribution < 1.29 is 8.42 Å². The van der Waals surface area contributed by atoms with Gasteiger partial charge in [0.05, 0.1) is 27.7 Å². The van der Waals surface area contributed by atoms with Crippen molar-refractivity contribution in [1.82, 2.24) is 13.9 Å². The minimum atomic E-state index is -3.52. The summed E-state index contributed by atoms with van der Waals surface area (Å²) in [7, 11) is -3.52. The van der Waals surface area contributed by atoms with E-state index in [-0.39, 0.29) is 5.28 Å². The van der Waals surface area contributed by atoms with Gasteiger partial charge in [-0.25, -0.2) is 22.4 Å². The molecule has 1 aromatic carbocycles. The summed E-state index contributed by atoms with van der Waals surface area (Å²) in [6.07, 6.45) is 2.93. The maximum absolute atomic E-state index is 12.6. The van der Waals surface area contributed by atoms with Crippen molar-refractivity contribution >= 4 is 44.1 Å². The lowest BCUT2D eigenvalue weighted by molar-refractivity contribution is 0.580. The van der Waals surface area contributed by atoms with Crippen molar-refractivity contribution in [2.75, 3.05) is 0 Å². The normalized spacial score (nSPS) is 12.2. The Kier molecular flexibility index (Phi) is 4.08. The van der Waals surface area contributed by atoms with Crippen molar-refractivity contribution in [2.45, 2.75) is 19.1 Å². The molecule has 0 amide bonds. The van der Waals surface area contributed by atoms with E-state index in [1.807, 2.05) is 12.1 Å². The first-order chi connectivity index (χ1) is 10.8. The van der Waals surface area contributed by atoms with Crippen LogP contribution in [-0.2, 0) is 10.0 Å². The highest BCUT2D eigenvalue weighted by atomic mass is 35.5. The molecule has 0 aliphatic rings. The van der Waals surface area contributed by atoms with Crippen LogP contribution in [0.5, 0.6) is 0 Å². The maximum Gasteiger partial charge on any atom is 0.241 e. The summed E-state index contributed by atoms with van der Waals surface area (Å²) < 4.78 is 26.5. The van der Waals surface area contributed by atoms with Gasteiger partial charge in [0.15, 0.2) is 0 Å². The van der Waals surface area contributed by atoms with Crippen LogP contribution in [0.1, 0.15) is 13.8 Å². The molecule has 2 heterocycles. The van der Waals surface area contributed by atoms with Gasteiger partial charge in [-0.3, -0.25) is 0 Å². The third-order valence-electron chi connectivity index (χ3n) is 3.52. The van der Waals surface area contributed by atoms with Crippen LogP contribution in [-0.4, -0.2) is 27.6 Å². The highest BCUT2D eigenvalue weighted by Gasteiger charge is 2.24. The van der Waals surface area contributed by atoms with Crippen LogP contribution in [0.2, 0.25) is 10.3 Å². The Balaban J connectivity index is 2.38. The summed E-state index contributed by atoms with van der Waals surface area (Å²) in [5, 5.41) is 0.524. The van der Waals surface area contributed by atoms with Gasteiger partial charge in [0.1, 0.15) is 0 Å². The fraction of sp³-hybridized carbons (Fsp3) is 0.200. The van der Waals surface area contributed by atoms with Crippen LogP contribution in [0.4, 0.5) is 0 Å². The zero-order valence-corrected chi connectivity index (χ0v) is 14.7. The molecule has 0 N–H and O–H groups in total. The number of para-hydroxylation sites is 1. The predicted molar refractivity (Wildman–Crippen MR) is 92.4 cm³/mol. The molecule has 0 saturated carbocycles. The van der Waals surface area contributed by atoms with Gasteiger partial charge in [0, 0.05) is 17.1 Å². The molecule has 0 aliphatic carbocycles. The molecule has 0 atom stereocenters. The first kappa shape index (κ1) is 16.2. The number of hydrogen-bond acceptors (Lipinski definition) is 4. The first-order valence-corrected chi connectivity index (χ1v) is 9.11. The predicted octanol–water partition coefficient (Wildman–Crippen LogP) is 3.99. The Morgan fingerprint density at radius 1 is 1.17 bits per heavy atom. The van der Waals surface area contributed by atoms with E-state index in [1.165, 1.54) is 16.4 Å². The second kappa shape index (κ2) is 5.78. The van der Waals surface area contributed by atoms with E-state index in [0.29, 0.717) is 21.8 Å². The maximum atomic E-state index is 12.6. The number of benzene rings is 1.